The van der Waals surface area contributed by atoms with Crippen molar-refractivity contribution in [2.24, 2.45) is 11.7 Å². The number of hydrogen-bond acceptors (Lipinski definition) is 3. The monoisotopic (exact) mass is 384 g/mol. The molecule has 3 rings (SSSR count). The zero-order chi connectivity index (χ0) is 17.9. The Labute approximate surface area is 161 Å². The number of nitrogens with one attached hydrogen (secondary N) is 1. The van der Waals surface area contributed by atoms with E-state index in [0.717, 1.165) is 44.1 Å². The van der Waals surface area contributed by atoms with Crippen molar-refractivity contribution in [1.82, 2.24) is 5.32 Å². The number of nitrogens with two attached hydrogens (primary N) is 1. The smallest absolute Gasteiger partial charge is 0.223 e. The third kappa shape index (κ3) is 4.38. The molecule has 1 aromatic rings. The molecular weight excluding hydrogens is 355 g/mol. The number of rotatable bonds is 5. The molecule has 0 aliphatic heterocycles. The quantitative estimate of drug-likeness (QED) is 0.818. The molecule has 2 aliphatic carbocycles. The van der Waals surface area contributed by atoms with Crippen LogP contribution in [0.5, 0.6) is 0 Å². The molecule has 26 heavy (non-hydrogen) atoms. The van der Waals surface area contributed by atoms with Crippen molar-refractivity contribution >= 4 is 18.3 Å². The molecular formula is C20H30ClFN2O2. The van der Waals surface area contributed by atoms with E-state index < -0.39 is 0 Å². The van der Waals surface area contributed by atoms with Crippen LogP contribution in [0.15, 0.2) is 24.3 Å². The molecule has 2 fully saturated rings. The van der Waals surface area contributed by atoms with Crippen molar-refractivity contribution in [1.29, 1.82) is 0 Å². The van der Waals surface area contributed by atoms with Gasteiger partial charge in [0.15, 0.2) is 0 Å². The number of carbonyl (C=O) groups is 1. The molecule has 0 bridgehead atoms. The first-order valence-electron chi connectivity index (χ1n) is 9.37. The molecule has 0 heterocycles. The molecule has 2 aliphatic rings. The molecule has 0 unspecified atom stereocenters. The topological polar surface area (TPSA) is 64.3 Å². The summed E-state index contributed by atoms with van der Waals surface area (Å²) in [6.07, 6.45) is 6.30. The first kappa shape index (κ1) is 21.1. The van der Waals surface area contributed by atoms with Crippen LogP contribution in [0.25, 0.3) is 0 Å². The number of benzene rings is 1. The second kappa shape index (κ2) is 9.16. The highest BCUT2D eigenvalue weighted by molar-refractivity contribution is 5.85. The summed E-state index contributed by atoms with van der Waals surface area (Å²) >= 11 is 0. The van der Waals surface area contributed by atoms with Crippen molar-refractivity contribution in [2.75, 3.05) is 13.7 Å². The van der Waals surface area contributed by atoms with Gasteiger partial charge in [-0.05, 0) is 43.7 Å². The average molecular weight is 385 g/mol. The molecule has 0 aromatic heterocycles. The minimum absolute atomic E-state index is 0. The lowest BCUT2D eigenvalue weighted by Crippen LogP contribution is -2.47. The lowest BCUT2D eigenvalue weighted by atomic mass is 9.78. The minimum atomic E-state index is -0.271. The van der Waals surface area contributed by atoms with Crippen LogP contribution in [0.1, 0.15) is 50.5 Å². The number of halogens is 2. The summed E-state index contributed by atoms with van der Waals surface area (Å²) in [5.41, 5.74) is 6.59. The number of carbonyl (C=O) groups excluding carboxylic acids is 1. The third-order valence-electron chi connectivity index (χ3n) is 6.11. The Morgan fingerprint density at radius 1 is 1.31 bits per heavy atom. The highest BCUT2D eigenvalue weighted by Crippen LogP contribution is 2.41. The summed E-state index contributed by atoms with van der Waals surface area (Å²) < 4.78 is 19.7. The van der Waals surface area contributed by atoms with E-state index in [1.165, 1.54) is 6.07 Å². The fraction of sp³-hybridized carbons (Fsp3) is 0.650. The van der Waals surface area contributed by atoms with Gasteiger partial charge in [0.2, 0.25) is 5.91 Å². The fourth-order valence-corrected chi connectivity index (χ4v) is 4.59. The standard InChI is InChI=1S/C20H29FN2O2.ClH/c1-25-18-9-8-14(12-17(18)22)19(24)23-13-20(10-4-5-11-20)15-6-2-3-7-16(15)21;/h2-3,6-7,14,17-18H,4-5,8-13,22H2,1H3,(H,23,24);1H/t14-,17+,18+;/m0./s1. The second-order valence-electron chi connectivity index (χ2n) is 7.63. The van der Waals surface area contributed by atoms with E-state index in [-0.39, 0.29) is 47.6 Å². The van der Waals surface area contributed by atoms with Gasteiger partial charge in [0.05, 0.1) is 6.10 Å². The van der Waals surface area contributed by atoms with Gasteiger partial charge in [-0.15, -0.1) is 12.4 Å². The fourth-order valence-electron chi connectivity index (χ4n) is 4.59. The lowest BCUT2D eigenvalue weighted by molar-refractivity contribution is -0.127. The van der Waals surface area contributed by atoms with Crippen molar-refractivity contribution < 1.29 is 13.9 Å². The summed E-state index contributed by atoms with van der Waals surface area (Å²) in [6, 6.07) is 6.89. The van der Waals surface area contributed by atoms with Crippen LogP contribution in [-0.4, -0.2) is 31.7 Å². The van der Waals surface area contributed by atoms with E-state index in [1.54, 1.807) is 13.2 Å². The first-order valence-corrected chi connectivity index (χ1v) is 9.37. The molecule has 3 N–H and O–H groups in total. The van der Waals surface area contributed by atoms with E-state index in [2.05, 4.69) is 5.32 Å². The van der Waals surface area contributed by atoms with Crippen LogP contribution in [-0.2, 0) is 14.9 Å². The largest absolute Gasteiger partial charge is 0.380 e. The number of amides is 1. The van der Waals surface area contributed by atoms with Crippen LogP contribution in [0.2, 0.25) is 0 Å². The third-order valence-corrected chi connectivity index (χ3v) is 6.11. The van der Waals surface area contributed by atoms with Gasteiger partial charge in [0, 0.05) is 31.0 Å². The highest BCUT2D eigenvalue weighted by atomic mass is 35.5. The Bertz CT molecular complexity index is 607. The predicted octanol–water partition coefficient (Wildman–Crippen LogP) is 3.32. The number of methoxy groups -OCH3 is 1. The summed E-state index contributed by atoms with van der Waals surface area (Å²) in [6.45, 7) is 0.506. The van der Waals surface area contributed by atoms with Gasteiger partial charge in [0.25, 0.3) is 0 Å². The molecule has 3 atom stereocenters. The van der Waals surface area contributed by atoms with Gasteiger partial charge in [-0.1, -0.05) is 31.0 Å². The summed E-state index contributed by atoms with van der Waals surface area (Å²) in [4.78, 5) is 12.7. The molecule has 1 aromatic carbocycles. The zero-order valence-corrected chi connectivity index (χ0v) is 16.2. The molecule has 2 saturated carbocycles. The van der Waals surface area contributed by atoms with E-state index in [4.69, 9.17) is 10.5 Å². The molecule has 1 amide bonds. The Hall–Kier alpha value is -1.17. The van der Waals surface area contributed by atoms with Gasteiger partial charge in [-0.2, -0.15) is 0 Å². The van der Waals surface area contributed by atoms with Crippen molar-refractivity contribution in [3.8, 4) is 0 Å². The second-order valence-corrected chi connectivity index (χ2v) is 7.63. The van der Waals surface area contributed by atoms with Gasteiger partial charge in [-0.3, -0.25) is 4.79 Å². The maximum absolute atomic E-state index is 14.4. The van der Waals surface area contributed by atoms with Crippen LogP contribution in [0.3, 0.4) is 0 Å². The summed E-state index contributed by atoms with van der Waals surface area (Å²) in [5.74, 6) is -0.186. The molecule has 146 valence electrons. The van der Waals surface area contributed by atoms with Crippen LogP contribution >= 0.6 is 12.4 Å². The highest BCUT2D eigenvalue weighted by Gasteiger charge is 2.39. The van der Waals surface area contributed by atoms with E-state index in [9.17, 15) is 9.18 Å². The summed E-state index contributed by atoms with van der Waals surface area (Å²) in [7, 11) is 1.67. The van der Waals surface area contributed by atoms with Gasteiger partial charge in [0.1, 0.15) is 5.82 Å². The Morgan fingerprint density at radius 2 is 2.00 bits per heavy atom. The van der Waals surface area contributed by atoms with E-state index in [1.807, 2.05) is 12.1 Å². The predicted molar refractivity (Wildman–Crippen MR) is 103 cm³/mol. The van der Waals surface area contributed by atoms with Crippen molar-refractivity contribution in [2.45, 2.75) is 62.5 Å². The number of ether oxygens (including phenoxy) is 1. The molecule has 0 saturated heterocycles. The average Bonchev–Trinajstić information content (AvgIpc) is 3.10. The van der Waals surface area contributed by atoms with Crippen LogP contribution in [0.4, 0.5) is 4.39 Å². The molecule has 6 heteroatoms. The van der Waals surface area contributed by atoms with Crippen LogP contribution in [0, 0.1) is 11.7 Å². The Morgan fingerprint density at radius 3 is 2.62 bits per heavy atom. The molecule has 0 spiro atoms. The van der Waals surface area contributed by atoms with E-state index >= 15 is 0 Å². The van der Waals surface area contributed by atoms with Gasteiger partial charge < -0.3 is 15.8 Å². The van der Waals surface area contributed by atoms with Crippen LogP contribution < -0.4 is 11.1 Å². The first-order chi connectivity index (χ1) is 12.1. The van der Waals surface area contributed by atoms with E-state index in [0.29, 0.717) is 13.0 Å². The maximum atomic E-state index is 14.4. The van der Waals surface area contributed by atoms with Gasteiger partial charge >= 0.3 is 0 Å². The number of hydrogen-bond donors (Lipinski definition) is 2. The Balaban J connectivity index is 0.00000243. The summed E-state index contributed by atoms with van der Waals surface area (Å²) in [5, 5.41) is 3.11. The normalized spacial score (nSPS) is 27.6. The van der Waals surface area contributed by atoms with Gasteiger partial charge in [-0.25, -0.2) is 4.39 Å². The zero-order valence-electron chi connectivity index (χ0n) is 15.4. The molecule has 4 nitrogen and oxygen atoms in total. The van der Waals surface area contributed by atoms with Crippen molar-refractivity contribution in [3.63, 3.8) is 0 Å². The van der Waals surface area contributed by atoms with Crippen molar-refractivity contribution in [3.05, 3.63) is 35.6 Å². The molecule has 0 radical (unpaired) electrons. The maximum Gasteiger partial charge on any atom is 0.223 e. The SMILES string of the molecule is CO[C@@H]1CC[C@H](C(=O)NCC2(c3ccccc3F)CCCC2)C[C@H]1N.Cl. The Kier molecular flexibility index (Phi) is 7.44. The minimum Gasteiger partial charge on any atom is -0.380 e. The lowest BCUT2D eigenvalue weighted by Gasteiger charge is -2.34.